The number of carbonyl (C=O) groups excluding carboxylic acids is 2. The van der Waals surface area contributed by atoms with E-state index >= 15 is 0 Å². The molecule has 35 heavy (non-hydrogen) atoms. The van der Waals surface area contributed by atoms with Gasteiger partial charge < -0.3 is 14.2 Å². The third-order valence-electron chi connectivity index (χ3n) is 5.21. The first kappa shape index (κ1) is 25.6. The smallest absolute Gasteiger partial charge is 0.345 e. The molecule has 0 aliphatic carbocycles. The zero-order valence-electron chi connectivity index (χ0n) is 20.0. The van der Waals surface area contributed by atoms with E-state index in [2.05, 4.69) is 4.98 Å². The lowest BCUT2D eigenvalue weighted by atomic mass is 10.1. The monoisotopic (exact) mass is 499 g/mol. The summed E-state index contributed by atoms with van der Waals surface area (Å²) in [6.07, 6.45) is 0. The lowest BCUT2D eigenvalue weighted by molar-refractivity contribution is -0.385. The first-order valence-corrected chi connectivity index (χ1v) is 11.5. The molecular formula is C24H25N3O7S. The van der Waals surface area contributed by atoms with Crippen LogP contribution in [-0.4, -0.2) is 35.5 Å². The number of aryl methyl sites for hydroxylation is 1. The van der Waals surface area contributed by atoms with Crippen molar-refractivity contribution < 1.29 is 28.7 Å². The Morgan fingerprint density at radius 1 is 1.20 bits per heavy atom. The van der Waals surface area contributed by atoms with Crippen molar-refractivity contribution in [1.82, 2.24) is 4.98 Å². The van der Waals surface area contributed by atoms with E-state index in [-0.39, 0.29) is 36.2 Å². The number of aromatic nitrogens is 1. The van der Waals surface area contributed by atoms with E-state index in [4.69, 9.17) is 14.2 Å². The molecule has 10 nitrogen and oxygen atoms in total. The van der Waals surface area contributed by atoms with Crippen LogP contribution in [0.3, 0.4) is 0 Å². The van der Waals surface area contributed by atoms with Gasteiger partial charge in [-0.15, -0.1) is 11.3 Å². The summed E-state index contributed by atoms with van der Waals surface area (Å²) < 4.78 is 15.9. The highest BCUT2D eigenvalue weighted by molar-refractivity contribution is 7.14. The molecule has 0 fully saturated rings. The molecule has 0 unspecified atom stereocenters. The van der Waals surface area contributed by atoms with Crippen molar-refractivity contribution in [3.05, 3.63) is 68.2 Å². The van der Waals surface area contributed by atoms with Gasteiger partial charge in [-0.2, -0.15) is 0 Å². The summed E-state index contributed by atoms with van der Waals surface area (Å²) in [7, 11) is 1.35. The zero-order valence-corrected chi connectivity index (χ0v) is 20.8. The average Bonchev–Trinajstić information content (AvgIpc) is 3.28. The molecule has 184 valence electrons. The first-order chi connectivity index (χ1) is 16.7. The van der Waals surface area contributed by atoms with Crippen LogP contribution in [0.4, 0.5) is 16.5 Å². The Balaban J connectivity index is 1.84. The first-order valence-electron chi connectivity index (χ1n) is 10.7. The second-order valence-electron chi connectivity index (χ2n) is 7.48. The molecule has 3 rings (SSSR count). The molecule has 1 amide bonds. The number of nitro benzene ring substituents is 1. The number of methoxy groups -OCH3 is 1. The summed E-state index contributed by atoms with van der Waals surface area (Å²) in [6, 6.07) is 8.01. The lowest BCUT2D eigenvalue weighted by Gasteiger charge is -2.21. The highest BCUT2D eigenvalue weighted by Gasteiger charge is 2.26. The van der Waals surface area contributed by atoms with E-state index in [0.717, 1.165) is 17.2 Å². The summed E-state index contributed by atoms with van der Waals surface area (Å²) >= 11 is 1.22. The maximum atomic E-state index is 12.7. The molecule has 0 aliphatic rings. The summed E-state index contributed by atoms with van der Waals surface area (Å²) in [5, 5.41) is 13.6. The SMILES string of the molecule is CCOc1cc(C(=O)OCc2csc(N(C(C)=O)c3cccc(C)c3C)n2)c([N+](=O)[O-])cc1OC. The Morgan fingerprint density at radius 2 is 1.94 bits per heavy atom. The third kappa shape index (κ3) is 5.57. The number of carbonyl (C=O) groups is 2. The minimum Gasteiger partial charge on any atom is -0.493 e. The lowest BCUT2D eigenvalue weighted by Crippen LogP contribution is -2.23. The Labute approximate surface area is 206 Å². The number of ether oxygens (including phenoxy) is 3. The maximum absolute atomic E-state index is 12.7. The van der Waals surface area contributed by atoms with Crippen LogP contribution in [0.2, 0.25) is 0 Å². The van der Waals surface area contributed by atoms with Crippen molar-refractivity contribution >= 4 is 39.7 Å². The average molecular weight is 500 g/mol. The van der Waals surface area contributed by atoms with Gasteiger partial charge in [-0.1, -0.05) is 12.1 Å². The topological polar surface area (TPSA) is 121 Å². The standard InChI is InChI=1S/C24H25N3O7S/c1-6-33-22-10-18(20(27(30)31)11-21(22)32-5)23(29)34-12-17-13-35-24(25-17)26(16(4)28)19-9-7-8-14(2)15(19)3/h7-11,13H,6,12H2,1-5H3. The minimum atomic E-state index is -0.909. The molecule has 0 bridgehead atoms. The molecule has 0 saturated carbocycles. The van der Waals surface area contributed by atoms with Crippen molar-refractivity contribution in [3.8, 4) is 11.5 Å². The zero-order chi connectivity index (χ0) is 25.7. The molecule has 0 spiro atoms. The largest absolute Gasteiger partial charge is 0.493 e. The minimum absolute atomic E-state index is 0.134. The van der Waals surface area contributed by atoms with Gasteiger partial charge in [-0.3, -0.25) is 19.8 Å². The maximum Gasteiger partial charge on any atom is 0.345 e. The van der Waals surface area contributed by atoms with Gasteiger partial charge in [0, 0.05) is 18.4 Å². The number of esters is 1. The van der Waals surface area contributed by atoms with Crippen molar-refractivity contribution in [2.45, 2.75) is 34.3 Å². The van der Waals surface area contributed by atoms with Crippen molar-refractivity contribution in [2.75, 3.05) is 18.6 Å². The fourth-order valence-electron chi connectivity index (χ4n) is 3.36. The Morgan fingerprint density at radius 3 is 2.57 bits per heavy atom. The predicted octanol–water partition coefficient (Wildman–Crippen LogP) is 5.12. The number of nitro groups is 1. The number of thiazole rings is 1. The Hall–Kier alpha value is -3.99. The molecule has 11 heteroatoms. The summed E-state index contributed by atoms with van der Waals surface area (Å²) in [5.41, 5.74) is 2.36. The van der Waals surface area contributed by atoms with Crippen LogP contribution < -0.4 is 14.4 Å². The van der Waals surface area contributed by atoms with Crippen LogP contribution in [0.1, 0.15) is 41.0 Å². The van der Waals surface area contributed by atoms with Gasteiger partial charge in [0.05, 0.1) is 36.1 Å². The number of hydrogen-bond acceptors (Lipinski definition) is 9. The molecule has 0 radical (unpaired) electrons. The van der Waals surface area contributed by atoms with Gasteiger partial charge in [-0.05, 0) is 38.0 Å². The molecule has 0 N–H and O–H groups in total. The van der Waals surface area contributed by atoms with Crippen LogP contribution in [0.15, 0.2) is 35.7 Å². The molecule has 2 aromatic carbocycles. The van der Waals surface area contributed by atoms with Gasteiger partial charge in [0.15, 0.2) is 16.6 Å². The summed E-state index contributed by atoms with van der Waals surface area (Å²) in [4.78, 5) is 41.9. The van der Waals surface area contributed by atoms with Gasteiger partial charge in [0.2, 0.25) is 5.91 Å². The van der Waals surface area contributed by atoms with Crippen molar-refractivity contribution in [3.63, 3.8) is 0 Å². The highest BCUT2D eigenvalue weighted by Crippen LogP contribution is 2.36. The molecule has 3 aromatic rings. The van der Waals surface area contributed by atoms with Crippen LogP contribution in [0, 0.1) is 24.0 Å². The van der Waals surface area contributed by atoms with Gasteiger partial charge in [0.25, 0.3) is 5.69 Å². The van der Waals surface area contributed by atoms with Crippen molar-refractivity contribution in [1.29, 1.82) is 0 Å². The molecule has 0 saturated heterocycles. The summed E-state index contributed by atoms with van der Waals surface area (Å²) in [5.74, 6) is -0.800. The van der Waals surface area contributed by atoms with Crippen LogP contribution in [-0.2, 0) is 16.1 Å². The molecule has 0 aliphatic heterocycles. The van der Waals surface area contributed by atoms with E-state index in [0.29, 0.717) is 16.5 Å². The normalized spacial score (nSPS) is 10.5. The number of nitrogens with zero attached hydrogens (tertiary/aromatic N) is 3. The number of hydrogen-bond donors (Lipinski definition) is 0. The fraction of sp³-hybridized carbons (Fsp3) is 0.292. The Bertz CT molecular complexity index is 1270. The van der Waals surface area contributed by atoms with Gasteiger partial charge >= 0.3 is 5.97 Å². The van der Waals surface area contributed by atoms with E-state index in [1.54, 1.807) is 12.3 Å². The highest BCUT2D eigenvalue weighted by atomic mass is 32.1. The molecule has 1 aromatic heterocycles. The van der Waals surface area contributed by atoms with Crippen LogP contribution in [0.5, 0.6) is 11.5 Å². The molecular weight excluding hydrogens is 474 g/mol. The van der Waals surface area contributed by atoms with Crippen molar-refractivity contribution in [2.24, 2.45) is 0 Å². The van der Waals surface area contributed by atoms with Crippen LogP contribution in [0.25, 0.3) is 0 Å². The fourth-order valence-corrected chi connectivity index (χ4v) is 4.22. The second-order valence-corrected chi connectivity index (χ2v) is 8.32. The third-order valence-corrected chi connectivity index (χ3v) is 6.09. The van der Waals surface area contributed by atoms with Crippen LogP contribution >= 0.6 is 11.3 Å². The summed E-state index contributed by atoms with van der Waals surface area (Å²) in [6.45, 7) is 7.11. The second kappa shape index (κ2) is 11.0. The number of anilines is 2. The van der Waals surface area contributed by atoms with E-state index in [9.17, 15) is 19.7 Å². The number of rotatable bonds is 9. The van der Waals surface area contributed by atoms with E-state index < -0.39 is 16.6 Å². The van der Waals surface area contributed by atoms with Gasteiger partial charge in [-0.25, -0.2) is 9.78 Å². The van der Waals surface area contributed by atoms with E-state index in [1.807, 2.05) is 32.0 Å². The Kier molecular flexibility index (Phi) is 8.02. The quantitative estimate of drug-likeness (QED) is 0.226. The van der Waals surface area contributed by atoms with Gasteiger partial charge in [0.1, 0.15) is 12.2 Å². The predicted molar refractivity (Wildman–Crippen MR) is 131 cm³/mol. The van der Waals surface area contributed by atoms with E-state index in [1.165, 1.54) is 36.3 Å². The number of amides is 1. The molecule has 1 heterocycles. The molecule has 0 atom stereocenters. The number of benzene rings is 2.